The number of benzene rings is 1. The van der Waals surface area contributed by atoms with Crippen LogP contribution in [0.4, 0.5) is 5.69 Å². The molecule has 1 amide bonds. The van der Waals surface area contributed by atoms with E-state index in [0.29, 0.717) is 12.1 Å². The first-order valence-electron chi connectivity index (χ1n) is 6.32. The van der Waals surface area contributed by atoms with Crippen LogP contribution in [0.5, 0.6) is 0 Å². The van der Waals surface area contributed by atoms with Gasteiger partial charge in [0.15, 0.2) is 5.84 Å². The summed E-state index contributed by atoms with van der Waals surface area (Å²) in [7, 11) is 0. The Bertz CT molecular complexity index is 534. The molecule has 6 heteroatoms. The van der Waals surface area contributed by atoms with Crippen LogP contribution < -0.4 is 11.1 Å². The molecule has 0 saturated carbocycles. The minimum absolute atomic E-state index is 0.0987. The van der Waals surface area contributed by atoms with Gasteiger partial charge < -0.3 is 16.3 Å². The molecule has 1 aromatic carbocycles. The number of carbonyl (C=O) groups is 1. The minimum Gasteiger partial charge on any atom is -0.409 e. The lowest BCUT2D eigenvalue weighted by atomic mass is 9.85. The number of anilines is 1. The molecular weight excluding hydrogens is 322 g/mol. The molecule has 0 spiro atoms. The molecule has 0 aliphatic heterocycles. The normalized spacial score (nSPS) is 14.8. The Morgan fingerprint density at radius 2 is 2.10 bits per heavy atom. The molecule has 1 rings (SSSR count). The van der Waals surface area contributed by atoms with E-state index in [9.17, 15) is 4.79 Å². The molecule has 1 aromatic rings. The van der Waals surface area contributed by atoms with Gasteiger partial charge in [0.2, 0.25) is 5.91 Å². The summed E-state index contributed by atoms with van der Waals surface area (Å²) in [5, 5.41) is 14.7. The van der Waals surface area contributed by atoms with E-state index in [-0.39, 0.29) is 11.7 Å². The van der Waals surface area contributed by atoms with Gasteiger partial charge in [0.25, 0.3) is 0 Å². The van der Waals surface area contributed by atoms with E-state index in [1.807, 2.05) is 32.9 Å². The highest BCUT2D eigenvalue weighted by Crippen LogP contribution is 2.31. The van der Waals surface area contributed by atoms with Gasteiger partial charge in [-0.2, -0.15) is 0 Å². The molecule has 1 unspecified atom stereocenters. The monoisotopic (exact) mass is 341 g/mol. The summed E-state index contributed by atoms with van der Waals surface area (Å²) in [6.45, 7) is 7.36. The second kappa shape index (κ2) is 6.26. The fraction of sp³-hybridized carbons (Fsp3) is 0.429. The fourth-order valence-electron chi connectivity index (χ4n) is 1.89. The van der Waals surface area contributed by atoms with Crippen molar-refractivity contribution in [1.29, 1.82) is 0 Å². The number of hydrogen-bond donors (Lipinski definition) is 3. The van der Waals surface area contributed by atoms with Crippen molar-refractivity contribution in [1.82, 2.24) is 0 Å². The summed E-state index contributed by atoms with van der Waals surface area (Å²) in [5.41, 5.74) is 7.34. The number of nitrogens with zero attached hydrogens (tertiary/aromatic N) is 1. The van der Waals surface area contributed by atoms with E-state index < -0.39 is 5.41 Å². The zero-order valence-electron chi connectivity index (χ0n) is 12.1. The Balaban J connectivity index is 3.13. The van der Waals surface area contributed by atoms with Crippen LogP contribution in [0.15, 0.2) is 21.8 Å². The Morgan fingerprint density at radius 3 is 2.55 bits per heavy atom. The number of amides is 1. The standard InChI is InChI=1S/C14H20BrN3O2/c1-5-14(4,12(16)18-20)13(19)17-11-9(3)6-8(2)7-10(11)15/h6-7,20H,5H2,1-4H3,(H2,16,18)(H,17,19). The highest BCUT2D eigenvalue weighted by atomic mass is 79.9. The van der Waals surface area contributed by atoms with E-state index in [0.717, 1.165) is 15.6 Å². The maximum atomic E-state index is 12.5. The van der Waals surface area contributed by atoms with Crippen LogP contribution in [0.3, 0.4) is 0 Å². The van der Waals surface area contributed by atoms with Crippen molar-refractivity contribution in [3.05, 3.63) is 27.7 Å². The SMILES string of the molecule is CCC(C)(C(=O)Nc1c(C)cc(C)cc1Br)C(N)=NO. The molecule has 0 aliphatic rings. The van der Waals surface area contributed by atoms with Gasteiger partial charge in [-0.25, -0.2) is 0 Å². The van der Waals surface area contributed by atoms with E-state index >= 15 is 0 Å². The van der Waals surface area contributed by atoms with E-state index in [1.165, 1.54) is 0 Å². The largest absolute Gasteiger partial charge is 0.409 e. The maximum Gasteiger partial charge on any atom is 0.238 e. The summed E-state index contributed by atoms with van der Waals surface area (Å²) in [5.74, 6) is -0.402. The van der Waals surface area contributed by atoms with Crippen molar-refractivity contribution in [3.8, 4) is 0 Å². The zero-order chi connectivity index (χ0) is 15.5. The van der Waals surface area contributed by atoms with Crippen LogP contribution in [0.1, 0.15) is 31.4 Å². The molecule has 0 bridgehead atoms. The lowest BCUT2D eigenvalue weighted by molar-refractivity contribution is -0.121. The van der Waals surface area contributed by atoms with Crippen molar-refractivity contribution in [3.63, 3.8) is 0 Å². The van der Waals surface area contributed by atoms with Crippen LogP contribution in [0.2, 0.25) is 0 Å². The number of hydrogen-bond acceptors (Lipinski definition) is 3. The summed E-state index contributed by atoms with van der Waals surface area (Å²) in [6, 6.07) is 3.91. The van der Waals surface area contributed by atoms with Crippen LogP contribution in [0.25, 0.3) is 0 Å². The topological polar surface area (TPSA) is 87.7 Å². The Kier molecular flexibility index (Phi) is 5.16. The average Bonchev–Trinajstić information content (AvgIpc) is 2.40. The zero-order valence-corrected chi connectivity index (χ0v) is 13.7. The van der Waals surface area contributed by atoms with E-state index in [4.69, 9.17) is 10.9 Å². The van der Waals surface area contributed by atoms with Gasteiger partial charge >= 0.3 is 0 Å². The molecule has 0 fully saturated rings. The summed E-state index contributed by atoms with van der Waals surface area (Å²) in [4.78, 5) is 12.5. The number of nitrogens with one attached hydrogen (secondary N) is 1. The molecule has 4 N–H and O–H groups in total. The van der Waals surface area contributed by atoms with E-state index in [2.05, 4.69) is 26.4 Å². The Labute approximate surface area is 127 Å². The number of oxime groups is 1. The lowest BCUT2D eigenvalue weighted by Crippen LogP contribution is -2.44. The maximum absolute atomic E-state index is 12.5. The van der Waals surface area contributed by atoms with Crippen molar-refractivity contribution in [2.45, 2.75) is 34.1 Å². The van der Waals surface area contributed by atoms with Gasteiger partial charge in [0, 0.05) is 4.47 Å². The molecule has 0 aromatic heterocycles. The number of halogens is 1. The van der Waals surface area contributed by atoms with Gasteiger partial charge in [0.05, 0.1) is 5.69 Å². The number of aryl methyl sites for hydroxylation is 2. The fourth-order valence-corrected chi connectivity index (χ4v) is 2.67. The van der Waals surface area contributed by atoms with Gasteiger partial charge in [-0.1, -0.05) is 18.1 Å². The third kappa shape index (κ3) is 3.12. The quantitative estimate of drug-likeness (QED) is 0.340. The van der Waals surface area contributed by atoms with Crippen LogP contribution in [0, 0.1) is 19.3 Å². The third-order valence-electron chi connectivity index (χ3n) is 3.55. The molecule has 20 heavy (non-hydrogen) atoms. The predicted octanol–water partition coefficient (Wildman–Crippen LogP) is 3.17. The number of amidine groups is 1. The van der Waals surface area contributed by atoms with Gasteiger partial charge in [-0.15, -0.1) is 0 Å². The van der Waals surface area contributed by atoms with Crippen molar-refractivity contribution in [2.75, 3.05) is 5.32 Å². The number of nitrogens with two attached hydrogens (primary N) is 1. The summed E-state index contributed by atoms with van der Waals surface area (Å²) < 4.78 is 0.807. The Hall–Kier alpha value is -1.56. The minimum atomic E-state index is -1.05. The van der Waals surface area contributed by atoms with Crippen LogP contribution in [-0.4, -0.2) is 17.0 Å². The molecule has 5 nitrogen and oxygen atoms in total. The second-order valence-electron chi connectivity index (χ2n) is 5.06. The van der Waals surface area contributed by atoms with Crippen molar-refractivity contribution in [2.24, 2.45) is 16.3 Å². The predicted molar refractivity (Wildman–Crippen MR) is 84.1 cm³/mol. The molecule has 0 radical (unpaired) electrons. The third-order valence-corrected chi connectivity index (χ3v) is 4.18. The number of carbonyl (C=O) groups excluding carboxylic acids is 1. The van der Waals surface area contributed by atoms with Crippen molar-refractivity contribution < 1.29 is 10.0 Å². The Morgan fingerprint density at radius 1 is 1.50 bits per heavy atom. The smallest absolute Gasteiger partial charge is 0.238 e. The molecule has 110 valence electrons. The molecular formula is C14H20BrN3O2. The molecule has 1 atom stereocenters. The lowest BCUT2D eigenvalue weighted by Gasteiger charge is -2.26. The second-order valence-corrected chi connectivity index (χ2v) is 5.92. The molecule has 0 aliphatic carbocycles. The summed E-state index contributed by atoms with van der Waals surface area (Å²) in [6.07, 6.45) is 0.428. The average molecular weight is 342 g/mol. The first-order chi connectivity index (χ1) is 9.26. The first-order valence-corrected chi connectivity index (χ1v) is 7.11. The highest BCUT2D eigenvalue weighted by Gasteiger charge is 2.36. The van der Waals surface area contributed by atoms with Gasteiger partial charge in [-0.3, -0.25) is 4.79 Å². The highest BCUT2D eigenvalue weighted by molar-refractivity contribution is 9.10. The van der Waals surface area contributed by atoms with Gasteiger partial charge in [-0.05, 0) is 60.3 Å². The van der Waals surface area contributed by atoms with Gasteiger partial charge in [0.1, 0.15) is 5.41 Å². The summed E-state index contributed by atoms with van der Waals surface area (Å²) >= 11 is 3.44. The van der Waals surface area contributed by atoms with Crippen LogP contribution in [-0.2, 0) is 4.79 Å². The van der Waals surface area contributed by atoms with E-state index in [1.54, 1.807) is 6.92 Å². The number of rotatable bonds is 4. The van der Waals surface area contributed by atoms with Crippen LogP contribution >= 0.6 is 15.9 Å². The molecule has 0 saturated heterocycles. The molecule has 0 heterocycles. The van der Waals surface area contributed by atoms with Crippen molar-refractivity contribution >= 4 is 33.4 Å². The first kappa shape index (κ1) is 16.5.